The van der Waals surface area contributed by atoms with Crippen LogP contribution in [-0.4, -0.2) is 55.0 Å². The van der Waals surface area contributed by atoms with Crippen LogP contribution in [0.4, 0.5) is 26.3 Å². The standard InChI is InChI=1S/C26H23F6NO5/c27-25(28,29)15-38-22-4-1-16(10-21(22)26(30,31)32)13-36-20-3-2-19-9-17(14-37-23(19)11-20)12-33-7-5-18(6-8-33)24(34)35/h1-5,9-11H,6-8,12-15H2,(H,34,35). The molecule has 0 spiro atoms. The quantitative estimate of drug-likeness (QED) is 0.430. The summed E-state index contributed by atoms with van der Waals surface area (Å²) in [5.74, 6) is -0.936. The average Bonchev–Trinajstić information content (AvgIpc) is 2.85. The predicted octanol–water partition coefficient (Wildman–Crippen LogP) is 5.72. The van der Waals surface area contributed by atoms with E-state index in [1.165, 1.54) is 6.07 Å². The van der Waals surface area contributed by atoms with Crippen LogP contribution in [0.1, 0.15) is 23.1 Å². The number of fused-ring (bicyclic) bond motifs is 1. The maximum atomic E-state index is 13.4. The van der Waals surface area contributed by atoms with Gasteiger partial charge in [-0.05, 0) is 47.9 Å². The van der Waals surface area contributed by atoms with Crippen molar-refractivity contribution in [3.63, 3.8) is 0 Å². The molecular weight excluding hydrogens is 520 g/mol. The second kappa shape index (κ2) is 11.0. The minimum Gasteiger partial charge on any atom is -0.489 e. The Balaban J connectivity index is 1.39. The third-order valence-electron chi connectivity index (χ3n) is 5.90. The van der Waals surface area contributed by atoms with Gasteiger partial charge in [-0.1, -0.05) is 12.1 Å². The maximum absolute atomic E-state index is 13.4. The molecule has 2 aliphatic heterocycles. The number of hydrogen-bond acceptors (Lipinski definition) is 5. The second-order valence-electron chi connectivity index (χ2n) is 8.83. The van der Waals surface area contributed by atoms with Gasteiger partial charge in [-0.3, -0.25) is 4.90 Å². The molecule has 0 atom stereocenters. The topological polar surface area (TPSA) is 68.2 Å². The highest BCUT2D eigenvalue weighted by atomic mass is 19.4. The molecule has 2 aromatic rings. The van der Waals surface area contributed by atoms with Crippen LogP contribution >= 0.6 is 0 Å². The lowest BCUT2D eigenvalue weighted by Gasteiger charge is -2.27. The second-order valence-corrected chi connectivity index (χ2v) is 8.83. The Morgan fingerprint density at radius 1 is 1.05 bits per heavy atom. The molecule has 0 amide bonds. The third kappa shape index (κ3) is 7.21. The van der Waals surface area contributed by atoms with Gasteiger partial charge in [0, 0.05) is 36.8 Å². The SMILES string of the molecule is O=C(O)C1=CCN(CC2=Cc3ccc(OCc4ccc(OCC(F)(F)F)c(C(F)(F)F)c4)cc3OC2)CC1. The number of rotatable bonds is 8. The first-order chi connectivity index (χ1) is 17.9. The molecule has 2 aromatic carbocycles. The van der Waals surface area contributed by atoms with Crippen LogP contribution < -0.4 is 14.2 Å². The Labute approximate surface area is 213 Å². The number of carbonyl (C=O) groups is 1. The summed E-state index contributed by atoms with van der Waals surface area (Å²) >= 11 is 0. The third-order valence-corrected chi connectivity index (χ3v) is 5.90. The van der Waals surface area contributed by atoms with Crippen molar-refractivity contribution in [2.24, 2.45) is 0 Å². The summed E-state index contributed by atoms with van der Waals surface area (Å²) in [4.78, 5) is 13.2. The number of hydrogen-bond donors (Lipinski definition) is 1. The van der Waals surface area contributed by atoms with Gasteiger partial charge >= 0.3 is 18.3 Å². The van der Waals surface area contributed by atoms with E-state index in [4.69, 9.17) is 14.6 Å². The number of carboxylic acids is 1. The lowest BCUT2D eigenvalue weighted by atomic mass is 10.0. The fourth-order valence-corrected chi connectivity index (χ4v) is 4.05. The monoisotopic (exact) mass is 543 g/mol. The van der Waals surface area contributed by atoms with Crippen molar-refractivity contribution in [1.82, 2.24) is 4.90 Å². The summed E-state index contributed by atoms with van der Waals surface area (Å²) in [6.45, 7) is -0.00591. The van der Waals surface area contributed by atoms with E-state index in [0.29, 0.717) is 55.8 Å². The summed E-state index contributed by atoms with van der Waals surface area (Å²) in [7, 11) is 0. The molecule has 38 heavy (non-hydrogen) atoms. The maximum Gasteiger partial charge on any atom is 0.422 e. The van der Waals surface area contributed by atoms with Gasteiger partial charge in [0.2, 0.25) is 0 Å². The number of aliphatic carboxylic acids is 1. The zero-order valence-corrected chi connectivity index (χ0v) is 19.9. The van der Waals surface area contributed by atoms with Crippen molar-refractivity contribution in [3.05, 3.63) is 70.3 Å². The normalized spacial score (nSPS) is 16.2. The first kappa shape index (κ1) is 27.4. The van der Waals surface area contributed by atoms with E-state index in [2.05, 4.69) is 9.64 Å². The van der Waals surface area contributed by atoms with Crippen molar-refractivity contribution in [2.75, 3.05) is 32.8 Å². The van der Waals surface area contributed by atoms with E-state index in [9.17, 15) is 31.1 Å². The lowest BCUT2D eigenvalue weighted by molar-refractivity contribution is -0.158. The Kier molecular flexibility index (Phi) is 7.91. The van der Waals surface area contributed by atoms with Crippen molar-refractivity contribution in [3.8, 4) is 17.2 Å². The zero-order valence-electron chi connectivity index (χ0n) is 19.9. The van der Waals surface area contributed by atoms with E-state index >= 15 is 0 Å². The average molecular weight is 543 g/mol. The van der Waals surface area contributed by atoms with Crippen LogP contribution in [0.2, 0.25) is 0 Å². The molecule has 0 fully saturated rings. The molecule has 0 unspecified atom stereocenters. The van der Waals surface area contributed by atoms with Gasteiger partial charge in [-0.15, -0.1) is 0 Å². The van der Waals surface area contributed by atoms with Crippen molar-refractivity contribution in [2.45, 2.75) is 25.4 Å². The van der Waals surface area contributed by atoms with Gasteiger partial charge < -0.3 is 19.3 Å². The van der Waals surface area contributed by atoms with Gasteiger partial charge in [0.1, 0.15) is 30.5 Å². The summed E-state index contributed by atoms with van der Waals surface area (Å²) in [5.41, 5.74) is 0.985. The van der Waals surface area contributed by atoms with Crippen molar-refractivity contribution in [1.29, 1.82) is 0 Å². The molecule has 0 aliphatic carbocycles. The number of carboxylic acid groups (broad SMARTS) is 1. The predicted molar refractivity (Wildman–Crippen MR) is 124 cm³/mol. The molecule has 4 rings (SSSR count). The van der Waals surface area contributed by atoms with Gasteiger partial charge in [-0.2, -0.15) is 26.3 Å². The van der Waals surface area contributed by atoms with Crippen LogP contribution in [-0.2, 0) is 17.6 Å². The van der Waals surface area contributed by atoms with Gasteiger partial charge in [0.15, 0.2) is 6.61 Å². The Bertz CT molecular complexity index is 1250. The van der Waals surface area contributed by atoms with Gasteiger partial charge in [0.05, 0.1) is 5.56 Å². The highest BCUT2D eigenvalue weighted by molar-refractivity contribution is 5.86. The highest BCUT2D eigenvalue weighted by Crippen LogP contribution is 2.38. The smallest absolute Gasteiger partial charge is 0.422 e. The summed E-state index contributed by atoms with van der Waals surface area (Å²) in [6, 6.07) is 7.74. The molecular formula is C26H23F6NO5. The Morgan fingerprint density at radius 3 is 2.50 bits per heavy atom. The first-order valence-corrected chi connectivity index (χ1v) is 11.5. The number of halogens is 6. The van der Waals surface area contributed by atoms with Crippen LogP contribution in [0.3, 0.4) is 0 Å². The molecule has 0 bridgehead atoms. The summed E-state index contributed by atoms with van der Waals surface area (Å²) in [6.07, 6.45) is -5.55. The van der Waals surface area contributed by atoms with Crippen LogP contribution in [0.5, 0.6) is 17.2 Å². The first-order valence-electron chi connectivity index (χ1n) is 11.5. The number of alkyl halides is 6. The Hall–Kier alpha value is -3.67. The molecule has 2 heterocycles. The molecule has 2 aliphatic rings. The number of ether oxygens (including phenoxy) is 3. The molecule has 0 aromatic heterocycles. The lowest BCUT2D eigenvalue weighted by Crippen LogP contribution is -2.33. The van der Waals surface area contributed by atoms with Crippen LogP contribution in [0.15, 0.2) is 53.6 Å². The number of nitrogens with zero attached hydrogens (tertiary/aromatic N) is 1. The molecule has 12 heteroatoms. The molecule has 0 saturated carbocycles. The zero-order chi connectivity index (χ0) is 27.5. The van der Waals surface area contributed by atoms with Gasteiger partial charge in [0.25, 0.3) is 0 Å². The molecule has 0 saturated heterocycles. The summed E-state index contributed by atoms with van der Waals surface area (Å²) in [5, 5.41) is 9.07. The Morgan fingerprint density at radius 2 is 1.84 bits per heavy atom. The molecule has 204 valence electrons. The summed E-state index contributed by atoms with van der Waals surface area (Å²) < 4.78 is 93.0. The minimum atomic E-state index is -4.91. The van der Waals surface area contributed by atoms with Crippen LogP contribution in [0, 0.1) is 0 Å². The fraction of sp³-hybridized carbons (Fsp3) is 0.346. The molecule has 0 radical (unpaired) electrons. The van der Waals surface area contributed by atoms with E-state index in [1.54, 1.807) is 24.3 Å². The largest absolute Gasteiger partial charge is 0.489 e. The van der Waals surface area contributed by atoms with Crippen LogP contribution in [0.25, 0.3) is 6.08 Å². The van der Waals surface area contributed by atoms with E-state index in [-0.39, 0.29) is 12.2 Å². The number of benzene rings is 2. The van der Waals surface area contributed by atoms with E-state index in [1.807, 2.05) is 6.08 Å². The minimum absolute atomic E-state index is 0.0964. The highest BCUT2D eigenvalue weighted by Gasteiger charge is 2.36. The van der Waals surface area contributed by atoms with E-state index in [0.717, 1.165) is 17.2 Å². The molecule has 1 N–H and O–H groups in total. The fourth-order valence-electron chi connectivity index (χ4n) is 4.05. The van der Waals surface area contributed by atoms with Crippen molar-refractivity contribution >= 4 is 12.0 Å². The van der Waals surface area contributed by atoms with E-state index < -0.39 is 36.2 Å². The van der Waals surface area contributed by atoms with Gasteiger partial charge in [-0.25, -0.2) is 4.79 Å². The molecule has 6 nitrogen and oxygen atoms in total. The van der Waals surface area contributed by atoms with Crippen molar-refractivity contribution < 1.29 is 50.5 Å².